The van der Waals surface area contributed by atoms with E-state index in [0.717, 1.165) is 5.56 Å². The second-order valence-electron chi connectivity index (χ2n) is 8.12. The number of hydrogen-bond donors (Lipinski definition) is 2. The van der Waals surface area contributed by atoms with Crippen molar-refractivity contribution in [1.29, 1.82) is 0 Å². The fourth-order valence-electron chi connectivity index (χ4n) is 3.43. The first-order valence-electron chi connectivity index (χ1n) is 11.4. The summed E-state index contributed by atoms with van der Waals surface area (Å²) in [4.78, 5) is 29.1. The van der Waals surface area contributed by atoms with Crippen LogP contribution in [0, 0.1) is 6.92 Å². The van der Waals surface area contributed by atoms with E-state index in [0.29, 0.717) is 41.5 Å². The maximum Gasteiger partial charge on any atom is 0.283 e. The van der Waals surface area contributed by atoms with Crippen LogP contribution in [0.5, 0.6) is 11.5 Å². The molecule has 0 radical (unpaired) electrons. The molecule has 0 atom stereocenters. The van der Waals surface area contributed by atoms with Crippen LogP contribution in [-0.2, 0) is 27.9 Å². The highest BCUT2D eigenvalue weighted by molar-refractivity contribution is 7.89. The molecule has 10 nitrogen and oxygen atoms in total. The summed E-state index contributed by atoms with van der Waals surface area (Å²) in [5.41, 5.74) is 1.86. The minimum Gasteiger partial charge on any atom is -0.497 e. The molecule has 0 bridgehead atoms. The number of aryl methyl sites for hydroxylation is 1. The minimum atomic E-state index is -3.74. The Hall–Kier alpha value is -3.48. The van der Waals surface area contributed by atoms with Gasteiger partial charge in [-0.05, 0) is 37.6 Å². The van der Waals surface area contributed by atoms with Crippen LogP contribution in [0.4, 0.5) is 0 Å². The highest BCUT2D eigenvalue weighted by Crippen LogP contribution is 2.25. The van der Waals surface area contributed by atoms with E-state index in [-0.39, 0.29) is 22.9 Å². The van der Waals surface area contributed by atoms with Crippen LogP contribution in [0.2, 0.25) is 0 Å². The van der Waals surface area contributed by atoms with Gasteiger partial charge in [-0.15, -0.1) is 11.3 Å². The Kier molecular flexibility index (Phi) is 9.61. The Morgan fingerprint density at radius 1 is 1.08 bits per heavy atom. The number of rotatable bonds is 11. The van der Waals surface area contributed by atoms with Gasteiger partial charge in [0.05, 0.1) is 31.2 Å². The van der Waals surface area contributed by atoms with E-state index in [4.69, 9.17) is 9.47 Å². The standard InChI is InChI=1S/C25H30N4O6S2/c1-17-6-9-21(10-7-17)37(32,33)27-15-19-16-36-25(29(19)13-5-12-26-18(2)30)28-24(31)22-11-8-20(34-3)14-23(22)35-4/h6-11,14,16,27H,5,12-13,15H2,1-4H3,(H,26,30)/b28-25-. The molecule has 2 N–H and O–H groups in total. The van der Waals surface area contributed by atoms with Crippen LogP contribution >= 0.6 is 11.3 Å². The number of aromatic nitrogens is 1. The Morgan fingerprint density at radius 3 is 2.46 bits per heavy atom. The second kappa shape index (κ2) is 12.7. The zero-order valence-electron chi connectivity index (χ0n) is 21.1. The van der Waals surface area contributed by atoms with Crippen LogP contribution in [0.25, 0.3) is 0 Å². The Labute approximate surface area is 220 Å². The van der Waals surface area contributed by atoms with Crippen LogP contribution in [0.15, 0.2) is 57.7 Å². The van der Waals surface area contributed by atoms with Crippen molar-refractivity contribution in [2.24, 2.45) is 4.99 Å². The maximum atomic E-state index is 13.0. The molecule has 0 aliphatic carbocycles. The zero-order chi connectivity index (χ0) is 27.0. The van der Waals surface area contributed by atoms with Crippen molar-refractivity contribution in [1.82, 2.24) is 14.6 Å². The van der Waals surface area contributed by atoms with Crippen molar-refractivity contribution in [2.45, 2.75) is 38.3 Å². The molecule has 0 aliphatic rings. The minimum absolute atomic E-state index is 0.00239. The SMILES string of the molecule is COc1ccc(C(=O)/N=c2\scc(CNS(=O)(=O)c3ccc(C)cc3)n2CCCNC(C)=O)c(OC)c1. The molecule has 0 unspecified atom stereocenters. The molecule has 2 amide bonds. The van der Waals surface area contributed by atoms with Gasteiger partial charge in [0, 0.05) is 37.2 Å². The maximum absolute atomic E-state index is 13.0. The van der Waals surface area contributed by atoms with E-state index >= 15 is 0 Å². The normalized spacial score (nSPS) is 11.8. The van der Waals surface area contributed by atoms with Crippen LogP contribution < -0.4 is 24.3 Å². The number of benzene rings is 2. The topological polar surface area (TPSA) is 128 Å². The second-order valence-corrected chi connectivity index (χ2v) is 10.7. The molecule has 1 aromatic heterocycles. The van der Waals surface area contributed by atoms with E-state index in [2.05, 4.69) is 15.0 Å². The molecule has 0 spiro atoms. The predicted molar refractivity (Wildman–Crippen MR) is 140 cm³/mol. The van der Waals surface area contributed by atoms with Crippen molar-refractivity contribution in [2.75, 3.05) is 20.8 Å². The molecule has 2 aromatic carbocycles. The number of methoxy groups -OCH3 is 2. The molecular weight excluding hydrogens is 516 g/mol. The van der Waals surface area contributed by atoms with Gasteiger partial charge in [-0.3, -0.25) is 9.59 Å². The first kappa shape index (κ1) is 28.1. The van der Waals surface area contributed by atoms with E-state index in [9.17, 15) is 18.0 Å². The molecule has 3 aromatic rings. The summed E-state index contributed by atoms with van der Waals surface area (Å²) in [6, 6.07) is 11.4. The number of amides is 2. The number of carbonyl (C=O) groups is 2. The van der Waals surface area contributed by atoms with Crippen molar-refractivity contribution >= 4 is 33.2 Å². The highest BCUT2D eigenvalue weighted by atomic mass is 32.2. The molecule has 0 fully saturated rings. The Bertz CT molecular complexity index is 1430. The average Bonchev–Trinajstić information content (AvgIpc) is 3.26. The monoisotopic (exact) mass is 546 g/mol. The van der Waals surface area contributed by atoms with E-state index in [1.165, 1.54) is 32.5 Å². The molecule has 0 saturated carbocycles. The van der Waals surface area contributed by atoms with Gasteiger partial charge in [0.2, 0.25) is 15.9 Å². The summed E-state index contributed by atoms with van der Waals surface area (Å²) in [6.07, 6.45) is 0.557. The number of sulfonamides is 1. The van der Waals surface area contributed by atoms with Gasteiger partial charge in [-0.2, -0.15) is 4.99 Å². The zero-order valence-corrected chi connectivity index (χ0v) is 22.7. The summed E-state index contributed by atoms with van der Waals surface area (Å²) >= 11 is 1.22. The van der Waals surface area contributed by atoms with Gasteiger partial charge in [-0.1, -0.05) is 17.7 Å². The third-order valence-corrected chi connectivity index (χ3v) is 7.75. The lowest BCUT2D eigenvalue weighted by molar-refractivity contribution is -0.118. The predicted octanol–water partition coefficient (Wildman–Crippen LogP) is 2.62. The van der Waals surface area contributed by atoms with Gasteiger partial charge >= 0.3 is 0 Å². The lowest BCUT2D eigenvalue weighted by atomic mass is 10.2. The number of carbonyl (C=O) groups excluding carboxylic acids is 2. The molecular formula is C25H30N4O6S2. The van der Waals surface area contributed by atoms with Crippen molar-refractivity contribution in [3.63, 3.8) is 0 Å². The van der Waals surface area contributed by atoms with Crippen LogP contribution in [0.1, 0.15) is 35.0 Å². The molecule has 3 rings (SSSR count). The fraction of sp³-hybridized carbons (Fsp3) is 0.320. The smallest absolute Gasteiger partial charge is 0.283 e. The van der Waals surface area contributed by atoms with E-state index in [1.54, 1.807) is 52.4 Å². The Morgan fingerprint density at radius 2 is 1.81 bits per heavy atom. The first-order valence-corrected chi connectivity index (χ1v) is 13.8. The summed E-state index contributed by atoms with van der Waals surface area (Å²) in [5, 5.41) is 4.49. The van der Waals surface area contributed by atoms with Crippen molar-refractivity contribution < 1.29 is 27.5 Å². The van der Waals surface area contributed by atoms with Crippen LogP contribution in [-0.4, -0.2) is 45.6 Å². The number of nitrogens with zero attached hydrogens (tertiary/aromatic N) is 2. The van der Waals surface area contributed by atoms with Gasteiger partial charge in [0.15, 0.2) is 4.80 Å². The van der Waals surface area contributed by atoms with Crippen molar-refractivity contribution in [3.8, 4) is 11.5 Å². The largest absolute Gasteiger partial charge is 0.497 e. The number of thiazole rings is 1. The molecule has 198 valence electrons. The molecule has 0 aliphatic heterocycles. The lowest BCUT2D eigenvalue weighted by Gasteiger charge is -2.11. The summed E-state index contributed by atoms with van der Waals surface area (Å²) in [6.45, 7) is 4.16. The number of hydrogen-bond acceptors (Lipinski definition) is 7. The molecule has 37 heavy (non-hydrogen) atoms. The number of ether oxygens (including phenoxy) is 2. The van der Waals surface area contributed by atoms with E-state index in [1.807, 2.05) is 6.92 Å². The molecule has 0 saturated heterocycles. The third kappa shape index (κ3) is 7.51. The fourth-order valence-corrected chi connectivity index (χ4v) is 5.35. The molecule has 12 heteroatoms. The third-order valence-electron chi connectivity index (χ3n) is 5.42. The Balaban J connectivity index is 1.90. The van der Waals surface area contributed by atoms with Crippen molar-refractivity contribution in [3.05, 3.63) is 69.5 Å². The quantitative estimate of drug-likeness (QED) is 0.356. The average molecular weight is 547 g/mol. The van der Waals surface area contributed by atoms with Gasteiger partial charge in [-0.25, -0.2) is 13.1 Å². The first-order chi connectivity index (χ1) is 17.6. The highest BCUT2D eigenvalue weighted by Gasteiger charge is 2.17. The van der Waals surface area contributed by atoms with Gasteiger partial charge < -0.3 is 19.4 Å². The summed E-state index contributed by atoms with van der Waals surface area (Å²) in [5.74, 6) is 0.213. The van der Waals surface area contributed by atoms with Gasteiger partial charge in [0.1, 0.15) is 11.5 Å². The lowest BCUT2D eigenvalue weighted by Crippen LogP contribution is -2.28. The number of nitrogens with one attached hydrogen (secondary N) is 2. The van der Waals surface area contributed by atoms with Crippen LogP contribution in [0.3, 0.4) is 0 Å². The summed E-state index contributed by atoms with van der Waals surface area (Å²) in [7, 11) is -0.768. The summed E-state index contributed by atoms with van der Waals surface area (Å²) < 4.78 is 40.5. The van der Waals surface area contributed by atoms with E-state index < -0.39 is 15.9 Å². The van der Waals surface area contributed by atoms with Gasteiger partial charge in [0.25, 0.3) is 5.91 Å². The molecule has 1 heterocycles.